The molecule has 0 aliphatic carbocycles. The molecule has 5 nitrogen and oxygen atoms in total. The summed E-state index contributed by atoms with van der Waals surface area (Å²) in [6.07, 6.45) is 70.3. The molecule has 0 bridgehead atoms. The zero-order valence-electron chi connectivity index (χ0n) is 44.7. The minimum Gasteiger partial charge on any atom is -0.462 e. The lowest BCUT2D eigenvalue weighted by Gasteiger charge is -2.18. The van der Waals surface area contributed by atoms with Gasteiger partial charge in [-0.05, 0) is 77.0 Å². The standard InChI is InChI=1S/C61H114O5/c1-4-7-10-13-16-19-22-25-28-29-30-31-32-35-38-41-44-47-50-53-56-64-57-59(66-61(63)55-52-49-46-43-40-37-34-27-24-21-18-15-12-9-6-3)58-65-60(62)54-51-48-45-42-39-36-33-26-23-20-17-14-11-8-5-2/h17,20,26-27,33-34,59H,4-16,18-19,21-25,28-32,35-58H2,1-3H3/b20-17-,33-26-,34-27-. The van der Waals surface area contributed by atoms with Gasteiger partial charge in [0.2, 0.25) is 0 Å². The molecule has 0 radical (unpaired) electrons. The highest BCUT2D eigenvalue weighted by molar-refractivity contribution is 5.70. The molecule has 0 aromatic carbocycles. The van der Waals surface area contributed by atoms with Crippen molar-refractivity contribution in [3.63, 3.8) is 0 Å². The molecule has 0 aromatic heterocycles. The number of ether oxygens (including phenoxy) is 3. The second kappa shape index (κ2) is 57.4. The van der Waals surface area contributed by atoms with E-state index in [1.807, 2.05) is 0 Å². The summed E-state index contributed by atoms with van der Waals surface area (Å²) in [5.74, 6) is -0.405. The molecule has 1 atom stereocenters. The number of carbonyl (C=O) groups excluding carboxylic acids is 2. The molecule has 0 N–H and O–H groups in total. The van der Waals surface area contributed by atoms with Gasteiger partial charge in [0.05, 0.1) is 6.61 Å². The van der Waals surface area contributed by atoms with E-state index in [2.05, 4.69) is 57.2 Å². The third-order valence-corrected chi connectivity index (χ3v) is 13.1. The fraction of sp³-hybridized carbons (Fsp3) is 0.869. The molecule has 0 saturated carbocycles. The Kier molecular flexibility index (Phi) is 55.8. The topological polar surface area (TPSA) is 61.8 Å². The molecule has 0 aromatic rings. The molecule has 0 aliphatic rings. The highest BCUT2D eigenvalue weighted by atomic mass is 16.6. The van der Waals surface area contributed by atoms with Crippen molar-refractivity contribution in [3.8, 4) is 0 Å². The van der Waals surface area contributed by atoms with Crippen molar-refractivity contribution >= 4 is 11.9 Å². The zero-order chi connectivity index (χ0) is 47.7. The smallest absolute Gasteiger partial charge is 0.306 e. The average Bonchev–Trinajstić information content (AvgIpc) is 3.32. The van der Waals surface area contributed by atoms with Crippen LogP contribution in [0.15, 0.2) is 36.5 Å². The third kappa shape index (κ3) is 54.7. The summed E-state index contributed by atoms with van der Waals surface area (Å²) in [5, 5.41) is 0. The quantitative estimate of drug-likeness (QED) is 0.0345. The van der Waals surface area contributed by atoms with Crippen LogP contribution in [0.2, 0.25) is 0 Å². The van der Waals surface area contributed by atoms with Crippen LogP contribution in [-0.2, 0) is 23.8 Å². The average molecular weight is 928 g/mol. The van der Waals surface area contributed by atoms with E-state index in [4.69, 9.17) is 14.2 Å². The summed E-state index contributed by atoms with van der Waals surface area (Å²) in [5.41, 5.74) is 0. The van der Waals surface area contributed by atoms with Gasteiger partial charge in [-0.15, -0.1) is 0 Å². The summed E-state index contributed by atoms with van der Waals surface area (Å²) in [6, 6.07) is 0. The fourth-order valence-corrected chi connectivity index (χ4v) is 8.71. The Morgan fingerprint density at radius 1 is 0.333 bits per heavy atom. The van der Waals surface area contributed by atoms with E-state index in [0.717, 1.165) is 64.2 Å². The van der Waals surface area contributed by atoms with Gasteiger partial charge < -0.3 is 14.2 Å². The lowest BCUT2D eigenvalue weighted by Crippen LogP contribution is -2.30. The Bertz CT molecular complexity index is 1050. The highest BCUT2D eigenvalue weighted by Crippen LogP contribution is 2.16. The number of esters is 2. The van der Waals surface area contributed by atoms with Crippen LogP contribution in [0, 0.1) is 0 Å². The number of hydrogen-bond acceptors (Lipinski definition) is 5. The van der Waals surface area contributed by atoms with Crippen LogP contribution >= 0.6 is 0 Å². The lowest BCUT2D eigenvalue weighted by atomic mass is 10.0. The first-order chi connectivity index (χ1) is 32.6. The molecule has 66 heavy (non-hydrogen) atoms. The number of carbonyl (C=O) groups is 2. The molecule has 0 saturated heterocycles. The summed E-state index contributed by atoms with van der Waals surface area (Å²) in [4.78, 5) is 25.5. The van der Waals surface area contributed by atoms with E-state index in [9.17, 15) is 9.59 Å². The van der Waals surface area contributed by atoms with Crippen LogP contribution in [0.4, 0.5) is 0 Å². The van der Waals surface area contributed by atoms with E-state index >= 15 is 0 Å². The Balaban J connectivity index is 4.23. The van der Waals surface area contributed by atoms with Gasteiger partial charge in [-0.25, -0.2) is 0 Å². The SMILES string of the molecule is CCCCC/C=C\C/C=C\CCCCCCCC(=O)OCC(COCCCCCCCCCCCCCCCCCCCCCC)OC(=O)CCCCCCC/C=C\CCCCCCCC. The summed E-state index contributed by atoms with van der Waals surface area (Å²) in [7, 11) is 0. The van der Waals surface area contributed by atoms with E-state index in [1.165, 1.54) is 218 Å². The molecule has 0 aliphatic heterocycles. The predicted octanol–water partition coefficient (Wildman–Crippen LogP) is 20.1. The van der Waals surface area contributed by atoms with Gasteiger partial charge in [0, 0.05) is 19.4 Å². The Hall–Kier alpha value is -1.88. The summed E-state index contributed by atoms with van der Waals surface area (Å²) >= 11 is 0. The van der Waals surface area contributed by atoms with Gasteiger partial charge in [-0.3, -0.25) is 9.59 Å². The lowest BCUT2D eigenvalue weighted by molar-refractivity contribution is -0.163. The van der Waals surface area contributed by atoms with E-state index < -0.39 is 6.10 Å². The van der Waals surface area contributed by atoms with Crippen molar-refractivity contribution in [2.45, 2.75) is 322 Å². The molecule has 0 amide bonds. The first-order valence-corrected chi connectivity index (χ1v) is 29.5. The van der Waals surface area contributed by atoms with Crippen LogP contribution in [0.3, 0.4) is 0 Å². The summed E-state index contributed by atoms with van der Waals surface area (Å²) in [6.45, 7) is 7.84. The van der Waals surface area contributed by atoms with Crippen molar-refractivity contribution in [3.05, 3.63) is 36.5 Å². The van der Waals surface area contributed by atoms with Crippen LogP contribution < -0.4 is 0 Å². The molecule has 5 heteroatoms. The van der Waals surface area contributed by atoms with Crippen LogP contribution in [0.25, 0.3) is 0 Å². The van der Waals surface area contributed by atoms with Crippen LogP contribution in [0.1, 0.15) is 316 Å². The van der Waals surface area contributed by atoms with Crippen molar-refractivity contribution in [2.75, 3.05) is 19.8 Å². The molecule has 0 rings (SSSR count). The maximum absolute atomic E-state index is 12.9. The Morgan fingerprint density at radius 3 is 1.05 bits per heavy atom. The van der Waals surface area contributed by atoms with Crippen molar-refractivity contribution in [1.29, 1.82) is 0 Å². The second-order valence-electron chi connectivity index (χ2n) is 19.9. The van der Waals surface area contributed by atoms with Crippen molar-refractivity contribution in [1.82, 2.24) is 0 Å². The predicted molar refractivity (Wildman–Crippen MR) is 288 cm³/mol. The minimum absolute atomic E-state index is 0.0798. The molecular formula is C61H114O5. The highest BCUT2D eigenvalue weighted by Gasteiger charge is 2.17. The fourth-order valence-electron chi connectivity index (χ4n) is 8.71. The Morgan fingerprint density at radius 2 is 0.636 bits per heavy atom. The van der Waals surface area contributed by atoms with Gasteiger partial charge in [-0.2, -0.15) is 0 Å². The number of hydrogen-bond donors (Lipinski definition) is 0. The molecular weight excluding hydrogens is 813 g/mol. The van der Waals surface area contributed by atoms with E-state index in [-0.39, 0.29) is 25.2 Å². The molecule has 0 fully saturated rings. The van der Waals surface area contributed by atoms with Gasteiger partial charge in [0.1, 0.15) is 6.61 Å². The monoisotopic (exact) mass is 927 g/mol. The summed E-state index contributed by atoms with van der Waals surface area (Å²) < 4.78 is 17.5. The number of rotatable bonds is 55. The minimum atomic E-state index is -0.542. The van der Waals surface area contributed by atoms with Gasteiger partial charge in [0.15, 0.2) is 6.10 Å². The largest absolute Gasteiger partial charge is 0.462 e. The van der Waals surface area contributed by atoms with Crippen LogP contribution in [0.5, 0.6) is 0 Å². The second-order valence-corrected chi connectivity index (χ2v) is 19.9. The maximum atomic E-state index is 12.9. The zero-order valence-corrected chi connectivity index (χ0v) is 44.7. The number of unbranched alkanes of at least 4 members (excludes halogenated alkanes) is 38. The van der Waals surface area contributed by atoms with E-state index in [0.29, 0.717) is 19.4 Å². The molecule has 0 heterocycles. The van der Waals surface area contributed by atoms with E-state index in [1.54, 1.807) is 0 Å². The maximum Gasteiger partial charge on any atom is 0.306 e. The van der Waals surface area contributed by atoms with Gasteiger partial charge in [0.25, 0.3) is 0 Å². The van der Waals surface area contributed by atoms with Crippen molar-refractivity contribution in [2.24, 2.45) is 0 Å². The molecule has 0 spiro atoms. The first-order valence-electron chi connectivity index (χ1n) is 29.5. The van der Waals surface area contributed by atoms with Gasteiger partial charge >= 0.3 is 11.9 Å². The normalized spacial score (nSPS) is 12.3. The molecule has 388 valence electrons. The third-order valence-electron chi connectivity index (χ3n) is 13.1. The molecule has 1 unspecified atom stereocenters. The van der Waals surface area contributed by atoms with Gasteiger partial charge in [-0.1, -0.05) is 263 Å². The van der Waals surface area contributed by atoms with Crippen LogP contribution in [-0.4, -0.2) is 37.9 Å². The Labute approximate surface area is 412 Å². The number of allylic oxidation sites excluding steroid dienone is 6. The van der Waals surface area contributed by atoms with Crippen molar-refractivity contribution < 1.29 is 23.8 Å². The first kappa shape index (κ1) is 64.1.